The average molecular weight is 417 g/mol. The molecule has 1 unspecified atom stereocenters. The summed E-state index contributed by atoms with van der Waals surface area (Å²) in [4.78, 5) is 19.1. The summed E-state index contributed by atoms with van der Waals surface area (Å²) in [5.41, 5.74) is 7.36. The van der Waals surface area contributed by atoms with E-state index in [4.69, 9.17) is 5.73 Å². The van der Waals surface area contributed by atoms with Gasteiger partial charge in [-0.3, -0.25) is 9.69 Å². The van der Waals surface area contributed by atoms with E-state index < -0.39 is 0 Å². The summed E-state index contributed by atoms with van der Waals surface area (Å²) >= 11 is 1.50. The van der Waals surface area contributed by atoms with Crippen molar-refractivity contribution in [3.8, 4) is 0 Å². The zero-order valence-electron chi connectivity index (χ0n) is 14.6. The van der Waals surface area contributed by atoms with Gasteiger partial charge in [-0.2, -0.15) is 0 Å². The summed E-state index contributed by atoms with van der Waals surface area (Å²) in [6.07, 6.45) is 3.04. The molecule has 0 bridgehead atoms. The lowest BCUT2D eigenvalue weighted by molar-refractivity contribution is 0.0935. The van der Waals surface area contributed by atoms with Crippen molar-refractivity contribution in [3.63, 3.8) is 0 Å². The molecule has 2 heterocycles. The Bertz CT molecular complexity index is 668. The molecule has 0 saturated carbocycles. The van der Waals surface area contributed by atoms with Crippen LogP contribution in [0.3, 0.4) is 0 Å². The standard InChI is InChI=1S/C18H24N4OS.2ClH/c19-9-8-17-21-16(13-24-17)18(23)20-11-15-7-4-10-22(15)12-14-5-2-1-3-6-14;;/h1-3,5-6,13,15H,4,7-12,19H2,(H,20,23);2*1H. The SMILES string of the molecule is Cl.Cl.NCCc1nc(C(=O)NCC2CCCN2Cc2ccccc2)cs1. The first-order valence-electron chi connectivity index (χ1n) is 8.47. The number of halogens is 2. The van der Waals surface area contributed by atoms with E-state index in [1.165, 1.54) is 23.3 Å². The van der Waals surface area contributed by atoms with E-state index in [9.17, 15) is 4.79 Å². The minimum Gasteiger partial charge on any atom is -0.349 e. The van der Waals surface area contributed by atoms with Gasteiger partial charge >= 0.3 is 0 Å². The number of nitrogens with two attached hydrogens (primary N) is 1. The third-order valence-electron chi connectivity index (χ3n) is 4.37. The smallest absolute Gasteiger partial charge is 0.270 e. The third kappa shape index (κ3) is 6.21. The van der Waals surface area contributed by atoms with Crippen LogP contribution in [0.1, 0.15) is 33.9 Å². The van der Waals surface area contributed by atoms with Gasteiger partial charge in [-0.25, -0.2) is 4.98 Å². The maximum Gasteiger partial charge on any atom is 0.270 e. The molecule has 0 radical (unpaired) electrons. The highest BCUT2D eigenvalue weighted by Crippen LogP contribution is 2.19. The summed E-state index contributed by atoms with van der Waals surface area (Å²) in [6, 6.07) is 10.9. The molecule has 0 spiro atoms. The molecule has 26 heavy (non-hydrogen) atoms. The number of nitrogens with one attached hydrogen (secondary N) is 1. The van der Waals surface area contributed by atoms with Crippen molar-refractivity contribution in [1.29, 1.82) is 0 Å². The van der Waals surface area contributed by atoms with Gasteiger partial charge in [0.05, 0.1) is 5.01 Å². The molecule has 5 nitrogen and oxygen atoms in total. The largest absolute Gasteiger partial charge is 0.349 e. The Morgan fingerprint density at radius 1 is 1.31 bits per heavy atom. The van der Waals surface area contributed by atoms with Crippen LogP contribution in [0.4, 0.5) is 0 Å². The first-order valence-corrected chi connectivity index (χ1v) is 9.35. The molecule has 8 heteroatoms. The topological polar surface area (TPSA) is 71.2 Å². The lowest BCUT2D eigenvalue weighted by Crippen LogP contribution is -2.39. The van der Waals surface area contributed by atoms with E-state index >= 15 is 0 Å². The molecular formula is C18H26Cl2N4OS. The maximum absolute atomic E-state index is 12.3. The highest BCUT2D eigenvalue weighted by molar-refractivity contribution is 7.09. The van der Waals surface area contributed by atoms with Crippen LogP contribution in [0.25, 0.3) is 0 Å². The number of amides is 1. The molecular weight excluding hydrogens is 391 g/mol. The van der Waals surface area contributed by atoms with Crippen molar-refractivity contribution >= 4 is 42.1 Å². The molecule has 1 aromatic heterocycles. The quantitative estimate of drug-likeness (QED) is 0.727. The summed E-state index contributed by atoms with van der Waals surface area (Å²) < 4.78 is 0. The van der Waals surface area contributed by atoms with Crippen LogP contribution in [0.15, 0.2) is 35.7 Å². The van der Waals surface area contributed by atoms with Crippen molar-refractivity contribution in [3.05, 3.63) is 52.0 Å². The van der Waals surface area contributed by atoms with E-state index in [1.807, 2.05) is 11.4 Å². The minimum atomic E-state index is -0.0823. The van der Waals surface area contributed by atoms with Gasteiger partial charge in [-0.15, -0.1) is 36.2 Å². The van der Waals surface area contributed by atoms with Gasteiger partial charge in [0.25, 0.3) is 5.91 Å². The Labute approximate surface area is 171 Å². The van der Waals surface area contributed by atoms with Crippen molar-refractivity contribution < 1.29 is 4.79 Å². The molecule has 1 saturated heterocycles. The molecule has 1 amide bonds. The lowest BCUT2D eigenvalue weighted by Gasteiger charge is -2.24. The fraction of sp³-hybridized carbons (Fsp3) is 0.444. The molecule has 144 valence electrons. The molecule has 1 fully saturated rings. The molecule has 2 aromatic rings. The first-order chi connectivity index (χ1) is 11.8. The molecule has 3 N–H and O–H groups in total. The molecule has 1 atom stereocenters. The zero-order valence-corrected chi connectivity index (χ0v) is 17.0. The molecule has 1 aliphatic rings. The Hall–Kier alpha value is -1.18. The number of aromatic nitrogens is 1. The molecule has 3 rings (SSSR count). The van der Waals surface area contributed by atoms with Crippen LogP contribution in [0.2, 0.25) is 0 Å². The fourth-order valence-electron chi connectivity index (χ4n) is 3.11. The number of rotatable bonds is 7. The highest BCUT2D eigenvalue weighted by Gasteiger charge is 2.25. The predicted molar refractivity (Wildman–Crippen MR) is 112 cm³/mol. The van der Waals surface area contributed by atoms with Gasteiger partial charge in [0.2, 0.25) is 0 Å². The Morgan fingerprint density at radius 3 is 2.81 bits per heavy atom. The number of benzene rings is 1. The Balaban J connectivity index is 0.00000169. The van der Waals surface area contributed by atoms with Gasteiger partial charge in [0.15, 0.2) is 0 Å². The fourth-order valence-corrected chi connectivity index (χ4v) is 3.90. The van der Waals surface area contributed by atoms with E-state index in [-0.39, 0.29) is 30.7 Å². The predicted octanol–water partition coefficient (Wildman–Crippen LogP) is 2.88. The van der Waals surface area contributed by atoms with Crippen LogP contribution < -0.4 is 11.1 Å². The number of nitrogens with zero attached hydrogens (tertiary/aromatic N) is 2. The van der Waals surface area contributed by atoms with Crippen LogP contribution in [0, 0.1) is 0 Å². The monoisotopic (exact) mass is 416 g/mol. The Morgan fingerprint density at radius 2 is 2.08 bits per heavy atom. The second kappa shape index (κ2) is 11.5. The van der Waals surface area contributed by atoms with E-state index in [0.717, 1.165) is 30.9 Å². The molecule has 1 aliphatic heterocycles. The van der Waals surface area contributed by atoms with E-state index in [1.54, 1.807) is 0 Å². The van der Waals surface area contributed by atoms with Crippen molar-refractivity contribution in [2.45, 2.75) is 31.8 Å². The van der Waals surface area contributed by atoms with Gasteiger partial charge < -0.3 is 11.1 Å². The van der Waals surface area contributed by atoms with Crippen LogP contribution in [-0.2, 0) is 13.0 Å². The van der Waals surface area contributed by atoms with Crippen LogP contribution in [0.5, 0.6) is 0 Å². The summed E-state index contributed by atoms with van der Waals surface area (Å²) in [5, 5.41) is 5.79. The van der Waals surface area contributed by atoms with Gasteiger partial charge in [0, 0.05) is 30.9 Å². The van der Waals surface area contributed by atoms with Crippen molar-refractivity contribution in [2.24, 2.45) is 5.73 Å². The summed E-state index contributed by atoms with van der Waals surface area (Å²) in [6.45, 7) is 3.27. The van der Waals surface area contributed by atoms with Gasteiger partial charge in [-0.05, 0) is 31.5 Å². The number of likely N-dealkylation sites (tertiary alicyclic amines) is 1. The van der Waals surface area contributed by atoms with E-state index in [2.05, 4.69) is 39.5 Å². The van der Waals surface area contributed by atoms with Gasteiger partial charge in [0.1, 0.15) is 5.69 Å². The normalized spacial score (nSPS) is 16.6. The summed E-state index contributed by atoms with van der Waals surface area (Å²) in [5.74, 6) is -0.0823. The number of carbonyl (C=O) groups is 1. The lowest BCUT2D eigenvalue weighted by atomic mass is 10.2. The molecule has 1 aromatic carbocycles. The highest BCUT2D eigenvalue weighted by atomic mass is 35.5. The van der Waals surface area contributed by atoms with Crippen LogP contribution in [-0.4, -0.2) is 41.5 Å². The average Bonchev–Trinajstić information content (AvgIpc) is 3.24. The maximum atomic E-state index is 12.3. The zero-order chi connectivity index (χ0) is 16.8. The van der Waals surface area contributed by atoms with E-state index in [0.29, 0.717) is 24.8 Å². The Kier molecular flexibility index (Phi) is 10.1. The van der Waals surface area contributed by atoms with Crippen molar-refractivity contribution in [2.75, 3.05) is 19.6 Å². The molecule has 0 aliphatic carbocycles. The summed E-state index contributed by atoms with van der Waals surface area (Å²) in [7, 11) is 0. The van der Waals surface area contributed by atoms with Gasteiger partial charge in [-0.1, -0.05) is 30.3 Å². The number of hydrogen-bond acceptors (Lipinski definition) is 5. The third-order valence-corrected chi connectivity index (χ3v) is 5.28. The second-order valence-corrected chi connectivity index (χ2v) is 7.07. The first kappa shape index (κ1) is 22.9. The number of carbonyl (C=O) groups excluding carboxylic acids is 1. The number of hydrogen-bond donors (Lipinski definition) is 2. The van der Waals surface area contributed by atoms with Crippen LogP contribution >= 0.6 is 36.2 Å². The minimum absolute atomic E-state index is 0. The second-order valence-electron chi connectivity index (χ2n) is 6.13. The number of thiazole rings is 1. The van der Waals surface area contributed by atoms with Crippen molar-refractivity contribution in [1.82, 2.24) is 15.2 Å².